The number of thiophene rings is 1. The average molecular weight is 284 g/mol. The molecule has 100 valence electrons. The van der Waals surface area contributed by atoms with Gasteiger partial charge in [-0.2, -0.15) is 0 Å². The molecule has 0 unspecified atom stereocenters. The minimum atomic E-state index is -0.448. The maximum absolute atomic E-state index is 11.3. The number of hydrogen-bond acceptors (Lipinski definition) is 5. The second-order valence-electron chi connectivity index (χ2n) is 4.38. The molecular weight excluding hydrogens is 272 g/mol. The molecule has 0 saturated heterocycles. The van der Waals surface area contributed by atoms with Crippen LogP contribution in [-0.2, 0) is 0 Å². The molecule has 0 bridgehead atoms. The van der Waals surface area contributed by atoms with Crippen LogP contribution in [0.2, 0.25) is 0 Å². The van der Waals surface area contributed by atoms with Crippen LogP contribution in [0.15, 0.2) is 36.0 Å². The van der Waals surface area contributed by atoms with Gasteiger partial charge in [0.15, 0.2) is 0 Å². The van der Waals surface area contributed by atoms with E-state index in [0.717, 1.165) is 27.3 Å². The van der Waals surface area contributed by atoms with Crippen molar-refractivity contribution in [2.45, 2.75) is 6.92 Å². The first-order valence-electron chi connectivity index (χ1n) is 6.01. The number of rotatable bonds is 3. The smallest absolute Gasteiger partial charge is 0.248 e. The Morgan fingerprint density at radius 3 is 2.95 bits per heavy atom. The van der Waals surface area contributed by atoms with Gasteiger partial charge in [-0.3, -0.25) is 4.79 Å². The number of primary amides is 1. The first-order chi connectivity index (χ1) is 9.65. The SMILES string of the molecule is Cc1ccc(C(N)=O)cc1Nc1ncnc2sccc12. The van der Waals surface area contributed by atoms with E-state index in [2.05, 4.69) is 15.3 Å². The fraction of sp³-hybridized carbons (Fsp3) is 0.0714. The van der Waals surface area contributed by atoms with Crippen molar-refractivity contribution in [3.63, 3.8) is 0 Å². The van der Waals surface area contributed by atoms with E-state index in [1.807, 2.05) is 24.4 Å². The normalized spacial score (nSPS) is 10.7. The lowest BCUT2D eigenvalue weighted by Gasteiger charge is -2.10. The lowest BCUT2D eigenvalue weighted by molar-refractivity contribution is 0.100. The van der Waals surface area contributed by atoms with Crippen molar-refractivity contribution in [3.05, 3.63) is 47.1 Å². The molecule has 0 spiro atoms. The number of nitrogens with two attached hydrogens (primary N) is 1. The summed E-state index contributed by atoms with van der Waals surface area (Å²) in [6.07, 6.45) is 1.52. The summed E-state index contributed by atoms with van der Waals surface area (Å²) in [5, 5.41) is 6.17. The molecule has 0 atom stereocenters. The van der Waals surface area contributed by atoms with Gasteiger partial charge in [0.2, 0.25) is 5.91 Å². The predicted molar refractivity (Wildman–Crippen MR) is 80.4 cm³/mol. The summed E-state index contributed by atoms with van der Waals surface area (Å²) < 4.78 is 0. The number of benzene rings is 1. The minimum Gasteiger partial charge on any atom is -0.366 e. The lowest BCUT2D eigenvalue weighted by atomic mass is 10.1. The second kappa shape index (κ2) is 4.90. The standard InChI is InChI=1S/C14H12N4OS/c1-8-2-3-9(12(15)19)6-11(8)18-13-10-4-5-20-14(10)17-7-16-13/h2-7H,1H3,(H2,15,19)(H,16,17,18). The van der Waals surface area contributed by atoms with E-state index < -0.39 is 5.91 Å². The third-order valence-corrected chi connectivity index (χ3v) is 3.86. The number of nitrogens with one attached hydrogen (secondary N) is 1. The topological polar surface area (TPSA) is 80.9 Å². The molecule has 0 aliphatic heterocycles. The van der Waals surface area contributed by atoms with Crippen molar-refractivity contribution >= 4 is 39.0 Å². The van der Waals surface area contributed by atoms with Crippen LogP contribution < -0.4 is 11.1 Å². The van der Waals surface area contributed by atoms with Gasteiger partial charge < -0.3 is 11.1 Å². The van der Waals surface area contributed by atoms with E-state index in [0.29, 0.717) is 5.56 Å². The van der Waals surface area contributed by atoms with Crippen LogP contribution in [0, 0.1) is 6.92 Å². The van der Waals surface area contributed by atoms with Gasteiger partial charge in [-0.15, -0.1) is 11.3 Å². The maximum Gasteiger partial charge on any atom is 0.248 e. The molecule has 20 heavy (non-hydrogen) atoms. The van der Waals surface area contributed by atoms with Crippen molar-refractivity contribution in [2.24, 2.45) is 5.73 Å². The van der Waals surface area contributed by atoms with Crippen LogP contribution in [0.25, 0.3) is 10.2 Å². The van der Waals surface area contributed by atoms with E-state index in [4.69, 9.17) is 5.73 Å². The summed E-state index contributed by atoms with van der Waals surface area (Å²) in [6.45, 7) is 1.96. The molecule has 0 aliphatic carbocycles. The number of carbonyl (C=O) groups is 1. The third kappa shape index (κ3) is 2.21. The van der Waals surface area contributed by atoms with E-state index in [1.54, 1.807) is 23.5 Å². The average Bonchev–Trinajstić information content (AvgIpc) is 2.90. The van der Waals surface area contributed by atoms with Crippen LogP contribution in [0.5, 0.6) is 0 Å². The quantitative estimate of drug-likeness (QED) is 0.775. The Morgan fingerprint density at radius 1 is 1.30 bits per heavy atom. The molecule has 0 radical (unpaired) electrons. The highest BCUT2D eigenvalue weighted by Gasteiger charge is 2.08. The van der Waals surface area contributed by atoms with Gasteiger partial charge in [0.1, 0.15) is 17.0 Å². The molecule has 0 saturated carbocycles. The van der Waals surface area contributed by atoms with E-state index >= 15 is 0 Å². The molecular formula is C14H12N4OS. The molecule has 2 aromatic heterocycles. The highest BCUT2D eigenvalue weighted by atomic mass is 32.1. The van der Waals surface area contributed by atoms with Crippen molar-refractivity contribution in [2.75, 3.05) is 5.32 Å². The zero-order chi connectivity index (χ0) is 14.1. The zero-order valence-corrected chi connectivity index (χ0v) is 11.6. The highest BCUT2D eigenvalue weighted by molar-refractivity contribution is 7.16. The summed E-state index contributed by atoms with van der Waals surface area (Å²) in [5.41, 5.74) is 7.60. The summed E-state index contributed by atoms with van der Waals surface area (Å²) in [5.74, 6) is 0.275. The summed E-state index contributed by atoms with van der Waals surface area (Å²) in [7, 11) is 0. The van der Waals surface area contributed by atoms with Gasteiger partial charge in [0, 0.05) is 11.3 Å². The fourth-order valence-electron chi connectivity index (χ4n) is 1.93. The Morgan fingerprint density at radius 2 is 2.15 bits per heavy atom. The van der Waals surface area contributed by atoms with Crippen LogP contribution in [-0.4, -0.2) is 15.9 Å². The largest absolute Gasteiger partial charge is 0.366 e. The number of anilines is 2. The number of hydrogen-bond donors (Lipinski definition) is 2. The fourth-order valence-corrected chi connectivity index (χ4v) is 2.66. The van der Waals surface area contributed by atoms with E-state index in [-0.39, 0.29) is 0 Å². The minimum absolute atomic E-state index is 0.448. The Kier molecular flexibility index (Phi) is 3.08. The Balaban J connectivity index is 2.04. The van der Waals surface area contributed by atoms with E-state index in [9.17, 15) is 4.79 Å². The highest BCUT2D eigenvalue weighted by Crippen LogP contribution is 2.28. The van der Waals surface area contributed by atoms with Crippen LogP contribution in [0.4, 0.5) is 11.5 Å². The zero-order valence-electron chi connectivity index (χ0n) is 10.8. The van der Waals surface area contributed by atoms with Crippen LogP contribution in [0.3, 0.4) is 0 Å². The van der Waals surface area contributed by atoms with Crippen molar-refractivity contribution < 1.29 is 4.79 Å². The number of fused-ring (bicyclic) bond motifs is 1. The number of aryl methyl sites for hydroxylation is 1. The summed E-state index contributed by atoms with van der Waals surface area (Å²) >= 11 is 1.56. The molecule has 1 aromatic carbocycles. The van der Waals surface area contributed by atoms with Gasteiger partial charge in [-0.05, 0) is 36.1 Å². The molecule has 3 rings (SSSR count). The lowest BCUT2D eigenvalue weighted by Crippen LogP contribution is -2.11. The molecule has 6 heteroatoms. The number of aromatic nitrogens is 2. The summed E-state index contributed by atoms with van der Waals surface area (Å²) in [4.78, 5) is 20.6. The third-order valence-electron chi connectivity index (χ3n) is 3.04. The van der Waals surface area contributed by atoms with Crippen molar-refractivity contribution in [3.8, 4) is 0 Å². The predicted octanol–water partition coefficient (Wildman–Crippen LogP) is 2.84. The molecule has 3 aromatic rings. The van der Waals surface area contributed by atoms with Gasteiger partial charge in [0.05, 0.1) is 5.39 Å². The maximum atomic E-state index is 11.3. The summed E-state index contributed by atoms with van der Waals surface area (Å²) in [6, 6.07) is 7.27. The molecule has 1 amide bonds. The first-order valence-corrected chi connectivity index (χ1v) is 6.89. The molecule has 0 fully saturated rings. The van der Waals surface area contributed by atoms with Crippen LogP contribution >= 0.6 is 11.3 Å². The molecule has 5 nitrogen and oxygen atoms in total. The number of amides is 1. The van der Waals surface area contributed by atoms with Crippen molar-refractivity contribution in [1.82, 2.24) is 9.97 Å². The Hall–Kier alpha value is -2.47. The monoisotopic (exact) mass is 284 g/mol. The Bertz CT molecular complexity index is 797. The van der Waals surface area contributed by atoms with Gasteiger partial charge in [0.25, 0.3) is 0 Å². The number of carbonyl (C=O) groups excluding carboxylic acids is 1. The second-order valence-corrected chi connectivity index (χ2v) is 5.28. The van der Waals surface area contributed by atoms with Gasteiger partial charge in [-0.1, -0.05) is 6.07 Å². The first kappa shape index (κ1) is 12.6. The van der Waals surface area contributed by atoms with Crippen LogP contribution in [0.1, 0.15) is 15.9 Å². The Labute approximate surface area is 119 Å². The number of nitrogens with zero attached hydrogens (tertiary/aromatic N) is 2. The van der Waals surface area contributed by atoms with E-state index in [1.165, 1.54) is 6.33 Å². The molecule has 2 heterocycles. The van der Waals surface area contributed by atoms with Crippen molar-refractivity contribution in [1.29, 1.82) is 0 Å². The van der Waals surface area contributed by atoms with Gasteiger partial charge in [-0.25, -0.2) is 9.97 Å². The van der Waals surface area contributed by atoms with Gasteiger partial charge >= 0.3 is 0 Å². The molecule has 0 aliphatic rings. The molecule has 3 N–H and O–H groups in total.